The molecule has 0 bridgehead atoms. The molecular weight excluding hydrogens is 352 g/mol. The number of ether oxygens (including phenoxy) is 1. The van der Waals surface area contributed by atoms with Crippen LogP contribution < -0.4 is 15.4 Å². The van der Waals surface area contributed by atoms with Crippen LogP contribution in [0.15, 0.2) is 55.1 Å². The molecule has 0 heterocycles. The van der Waals surface area contributed by atoms with Crippen LogP contribution in [0.2, 0.25) is 0 Å². The third kappa shape index (κ3) is 4.80. The molecule has 0 saturated heterocycles. The highest BCUT2D eigenvalue weighted by molar-refractivity contribution is 6.04. The summed E-state index contributed by atoms with van der Waals surface area (Å²) < 4.78 is 5.85. The van der Waals surface area contributed by atoms with Gasteiger partial charge in [-0.1, -0.05) is 24.3 Å². The summed E-state index contributed by atoms with van der Waals surface area (Å²) in [6.45, 7) is 5.65. The molecule has 5 nitrogen and oxygen atoms in total. The van der Waals surface area contributed by atoms with Crippen molar-refractivity contribution in [2.24, 2.45) is 0 Å². The van der Waals surface area contributed by atoms with Crippen LogP contribution in [-0.4, -0.2) is 24.5 Å². The van der Waals surface area contributed by atoms with Crippen molar-refractivity contribution in [1.29, 1.82) is 0 Å². The number of amides is 2. The first-order valence-electron chi connectivity index (χ1n) is 9.66. The number of hydrogen-bond acceptors (Lipinski definition) is 3. The summed E-state index contributed by atoms with van der Waals surface area (Å²) in [6, 6.07) is 12.9. The van der Waals surface area contributed by atoms with E-state index >= 15 is 0 Å². The van der Waals surface area contributed by atoms with Gasteiger partial charge in [-0.3, -0.25) is 9.59 Å². The maximum Gasteiger partial charge on any atom is 0.265 e. The van der Waals surface area contributed by atoms with Crippen molar-refractivity contribution in [3.05, 3.63) is 71.8 Å². The summed E-state index contributed by atoms with van der Waals surface area (Å²) in [6.07, 6.45) is 5.50. The fourth-order valence-corrected chi connectivity index (χ4v) is 3.33. The number of fused-ring (bicyclic) bond motifs is 1. The predicted molar refractivity (Wildman–Crippen MR) is 111 cm³/mol. The van der Waals surface area contributed by atoms with Gasteiger partial charge in [0.15, 0.2) is 6.10 Å². The minimum atomic E-state index is -0.689. The van der Waals surface area contributed by atoms with Gasteiger partial charge in [0.2, 0.25) is 0 Å². The Morgan fingerprint density at radius 2 is 1.89 bits per heavy atom. The van der Waals surface area contributed by atoms with Crippen molar-refractivity contribution >= 4 is 17.5 Å². The molecule has 146 valence electrons. The number of benzene rings is 2. The van der Waals surface area contributed by atoms with Crippen molar-refractivity contribution < 1.29 is 14.3 Å². The number of aryl methyl sites for hydroxylation is 2. The standard InChI is InChI=1S/C23H26N2O3/c1-3-14-24-23(27)20-10-6-7-11-21(20)25-22(26)16(2)28-19-13-12-17-8-4-5-9-18(17)15-19/h3,6-7,10-13,15-16H,1,4-5,8-9,14H2,2H3,(H,24,27)(H,25,26)/t16-/m1/s1. The monoisotopic (exact) mass is 378 g/mol. The Bertz CT molecular complexity index is 876. The zero-order valence-electron chi connectivity index (χ0n) is 16.2. The molecule has 1 aliphatic rings. The number of para-hydroxylation sites is 1. The van der Waals surface area contributed by atoms with Gasteiger partial charge in [-0.2, -0.15) is 0 Å². The molecule has 2 N–H and O–H groups in total. The van der Waals surface area contributed by atoms with E-state index in [0.717, 1.165) is 12.8 Å². The highest BCUT2D eigenvalue weighted by atomic mass is 16.5. The lowest BCUT2D eigenvalue weighted by atomic mass is 9.92. The predicted octanol–water partition coefficient (Wildman–Crippen LogP) is 3.89. The molecule has 0 spiro atoms. The third-order valence-electron chi connectivity index (χ3n) is 4.84. The fraction of sp³-hybridized carbons (Fsp3) is 0.304. The first-order valence-corrected chi connectivity index (χ1v) is 9.66. The second kappa shape index (κ2) is 9.22. The van der Waals surface area contributed by atoms with E-state index in [1.165, 1.54) is 24.0 Å². The van der Waals surface area contributed by atoms with Crippen LogP contribution in [0.1, 0.15) is 41.3 Å². The first-order chi connectivity index (χ1) is 13.6. The Balaban J connectivity index is 1.66. The zero-order chi connectivity index (χ0) is 19.9. The van der Waals surface area contributed by atoms with Gasteiger partial charge in [0.05, 0.1) is 11.3 Å². The molecule has 2 amide bonds. The summed E-state index contributed by atoms with van der Waals surface area (Å²) in [5, 5.41) is 5.52. The molecule has 1 atom stereocenters. The van der Waals surface area contributed by atoms with E-state index < -0.39 is 6.10 Å². The highest BCUT2D eigenvalue weighted by Gasteiger charge is 2.19. The molecule has 0 fully saturated rings. The first kappa shape index (κ1) is 19.7. The van der Waals surface area contributed by atoms with Gasteiger partial charge in [0.25, 0.3) is 11.8 Å². The molecule has 0 unspecified atom stereocenters. The second-order valence-electron chi connectivity index (χ2n) is 6.93. The van der Waals surface area contributed by atoms with E-state index in [1.807, 2.05) is 12.1 Å². The van der Waals surface area contributed by atoms with Crippen LogP contribution in [0.5, 0.6) is 5.75 Å². The van der Waals surface area contributed by atoms with E-state index in [0.29, 0.717) is 23.5 Å². The smallest absolute Gasteiger partial charge is 0.265 e. The summed E-state index contributed by atoms with van der Waals surface area (Å²) in [5.74, 6) is 0.126. The van der Waals surface area contributed by atoms with Crippen LogP contribution >= 0.6 is 0 Å². The van der Waals surface area contributed by atoms with Gasteiger partial charge >= 0.3 is 0 Å². The second-order valence-corrected chi connectivity index (χ2v) is 6.93. The summed E-state index contributed by atoms with van der Waals surface area (Å²) in [7, 11) is 0. The number of carbonyl (C=O) groups excluding carboxylic acids is 2. The number of carbonyl (C=O) groups is 2. The van der Waals surface area contributed by atoms with Gasteiger partial charge < -0.3 is 15.4 Å². The van der Waals surface area contributed by atoms with Crippen LogP contribution in [-0.2, 0) is 17.6 Å². The van der Waals surface area contributed by atoms with Crippen LogP contribution in [0.3, 0.4) is 0 Å². The zero-order valence-corrected chi connectivity index (χ0v) is 16.2. The minimum Gasteiger partial charge on any atom is -0.481 e. The topological polar surface area (TPSA) is 67.4 Å². The number of anilines is 1. The lowest BCUT2D eigenvalue weighted by Gasteiger charge is -2.19. The maximum atomic E-state index is 12.6. The fourth-order valence-electron chi connectivity index (χ4n) is 3.33. The van der Waals surface area contributed by atoms with Gasteiger partial charge in [-0.15, -0.1) is 6.58 Å². The van der Waals surface area contributed by atoms with Crippen molar-refractivity contribution in [2.75, 3.05) is 11.9 Å². The maximum absolute atomic E-state index is 12.6. The lowest BCUT2D eigenvalue weighted by Crippen LogP contribution is -2.31. The van der Waals surface area contributed by atoms with Gasteiger partial charge in [-0.25, -0.2) is 0 Å². The normalized spacial score (nSPS) is 13.8. The Labute approximate surface area is 165 Å². The third-order valence-corrected chi connectivity index (χ3v) is 4.84. The average molecular weight is 378 g/mol. The Morgan fingerprint density at radius 3 is 2.68 bits per heavy atom. The van der Waals surface area contributed by atoms with Gasteiger partial charge in [0, 0.05) is 6.54 Å². The lowest BCUT2D eigenvalue weighted by molar-refractivity contribution is -0.122. The number of nitrogens with one attached hydrogen (secondary N) is 2. The molecular formula is C23H26N2O3. The molecule has 0 radical (unpaired) electrons. The molecule has 3 rings (SSSR count). The largest absolute Gasteiger partial charge is 0.481 e. The van der Waals surface area contributed by atoms with E-state index in [2.05, 4.69) is 23.3 Å². The van der Waals surface area contributed by atoms with Crippen molar-refractivity contribution in [3.8, 4) is 5.75 Å². The molecule has 5 heteroatoms. The number of rotatable bonds is 7. The Kier molecular flexibility index (Phi) is 6.48. The quantitative estimate of drug-likeness (QED) is 0.719. The molecule has 2 aromatic rings. The van der Waals surface area contributed by atoms with E-state index in [1.54, 1.807) is 37.3 Å². The van der Waals surface area contributed by atoms with Crippen molar-refractivity contribution in [2.45, 2.75) is 38.7 Å². The Hall–Kier alpha value is -3.08. The van der Waals surface area contributed by atoms with Crippen LogP contribution in [0, 0.1) is 0 Å². The summed E-state index contributed by atoms with van der Waals surface area (Å²) in [4.78, 5) is 24.9. The Morgan fingerprint density at radius 1 is 1.14 bits per heavy atom. The SMILES string of the molecule is C=CCNC(=O)c1ccccc1NC(=O)[C@@H](C)Oc1ccc2c(c1)CCCC2. The van der Waals surface area contributed by atoms with Crippen LogP contribution in [0.25, 0.3) is 0 Å². The summed E-state index contributed by atoms with van der Waals surface area (Å²) >= 11 is 0. The minimum absolute atomic E-state index is 0.265. The van der Waals surface area contributed by atoms with Gasteiger partial charge in [0.1, 0.15) is 5.75 Å². The highest BCUT2D eigenvalue weighted by Crippen LogP contribution is 2.26. The molecule has 0 aromatic heterocycles. The molecule has 1 aliphatic carbocycles. The molecule has 2 aromatic carbocycles. The van der Waals surface area contributed by atoms with Crippen molar-refractivity contribution in [3.63, 3.8) is 0 Å². The summed E-state index contributed by atoms with van der Waals surface area (Å²) in [5.41, 5.74) is 3.53. The molecule has 0 saturated carbocycles. The average Bonchev–Trinajstić information content (AvgIpc) is 2.72. The molecule has 0 aliphatic heterocycles. The number of hydrogen-bond donors (Lipinski definition) is 2. The van der Waals surface area contributed by atoms with Gasteiger partial charge in [-0.05, 0) is 68.0 Å². The van der Waals surface area contributed by atoms with E-state index in [4.69, 9.17) is 4.74 Å². The van der Waals surface area contributed by atoms with E-state index in [-0.39, 0.29) is 11.8 Å². The van der Waals surface area contributed by atoms with Crippen molar-refractivity contribution in [1.82, 2.24) is 5.32 Å². The van der Waals surface area contributed by atoms with E-state index in [9.17, 15) is 9.59 Å². The molecule has 28 heavy (non-hydrogen) atoms. The van der Waals surface area contributed by atoms with Crippen LogP contribution in [0.4, 0.5) is 5.69 Å².